The van der Waals surface area contributed by atoms with Crippen LogP contribution in [0.5, 0.6) is 0 Å². The van der Waals surface area contributed by atoms with Crippen molar-refractivity contribution in [2.45, 2.75) is 0 Å². The van der Waals surface area contributed by atoms with Crippen LogP contribution in [0.25, 0.3) is 0 Å². The van der Waals surface area contributed by atoms with Crippen molar-refractivity contribution in [3.63, 3.8) is 0 Å². The monoisotopic (exact) mass is 258 g/mol. The second-order valence-corrected chi connectivity index (χ2v) is 5.02. The van der Waals surface area contributed by atoms with Gasteiger partial charge in [0.1, 0.15) is 0 Å². The Kier molecular flexibility index (Phi) is 3.72. The summed E-state index contributed by atoms with van der Waals surface area (Å²) in [5.74, 6) is 0.0987. The molecule has 0 N–H and O–H groups in total. The van der Waals surface area contributed by atoms with E-state index in [4.69, 9.17) is 5.26 Å². The fraction of sp³-hybridized carbons (Fsp3) is 0.429. The summed E-state index contributed by atoms with van der Waals surface area (Å²) in [5.41, 5.74) is 2.45. The predicted octanol–water partition coefficient (Wildman–Crippen LogP) is 0.903. The fourth-order valence-corrected chi connectivity index (χ4v) is 2.18. The molecule has 5 nitrogen and oxygen atoms in total. The molecule has 0 spiro atoms. The van der Waals surface area contributed by atoms with Gasteiger partial charge in [0.15, 0.2) is 0 Å². The molecule has 0 radical (unpaired) electrons. The summed E-state index contributed by atoms with van der Waals surface area (Å²) in [6.45, 7) is 1.84. The number of fused-ring (bicyclic) bond motifs is 1. The first-order chi connectivity index (χ1) is 9.02. The summed E-state index contributed by atoms with van der Waals surface area (Å²) < 4.78 is 0. The van der Waals surface area contributed by atoms with Crippen molar-refractivity contribution in [1.82, 2.24) is 4.90 Å². The Hall–Kier alpha value is -2.06. The van der Waals surface area contributed by atoms with E-state index in [1.54, 1.807) is 11.0 Å². The largest absolute Gasteiger partial charge is 0.364 e. The molecule has 1 amide bonds. The highest BCUT2D eigenvalue weighted by Crippen LogP contribution is 2.33. The van der Waals surface area contributed by atoms with Crippen LogP contribution in [-0.2, 0) is 4.79 Å². The van der Waals surface area contributed by atoms with Crippen LogP contribution in [0.2, 0.25) is 0 Å². The van der Waals surface area contributed by atoms with E-state index in [-0.39, 0.29) is 5.91 Å². The third-order valence-electron chi connectivity index (χ3n) is 3.25. The zero-order valence-electron chi connectivity index (χ0n) is 11.6. The van der Waals surface area contributed by atoms with Crippen LogP contribution in [0.3, 0.4) is 0 Å². The molecule has 1 heterocycles. The van der Waals surface area contributed by atoms with Gasteiger partial charge in [0.2, 0.25) is 5.91 Å². The van der Waals surface area contributed by atoms with Gasteiger partial charge in [0.25, 0.3) is 0 Å². The Morgan fingerprint density at radius 3 is 2.74 bits per heavy atom. The van der Waals surface area contributed by atoms with Crippen LogP contribution in [0.1, 0.15) is 5.56 Å². The number of nitriles is 1. The van der Waals surface area contributed by atoms with Crippen LogP contribution in [0.15, 0.2) is 18.2 Å². The van der Waals surface area contributed by atoms with Gasteiger partial charge >= 0.3 is 0 Å². The molecule has 0 saturated carbocycles. The third-order valence-corrected chi connectivity index (χ3v) is 3.25. The van der Waals surface area contributed by atoms with Crippen LogP contribution < -0.4 is 9.80 Å². The van der Waals surface area contributed by atoms with Gasteiger partial charge in [-0.05, 0) is 32.3 Å². The van der Waals surface area contributed by atoms with Crippen molar-refractivity contribution < 1.29 is 4.79 Å². The Morgan fingerprint density at radius 2 is 2.11 bits per heavy atom. The van der Waals surface area contributed by atoms with Crippen LogP contribution in [0.4, 0.5) is 11.4 Å². The van der Waals surface area contributed by atoms with E-state index < -0.39 is 0 Å². The highest BCUT2D eigenvalue weighted by atomic mass is 16.2. The maximum Gasteiger partial charge on any atom is 0.246 e. The lowest BCUT2D eigenvalue weighted by atomic mass is 10.1. The number of hydrogen-bond acceptors (Lipinski definition) is 4. The SMILES string of the molecule is CN(C)CCN1C(=O)CN(C)c2cc(C#N)ccc21. The lowest BCUT2D eigenvalue weighted by Crippen LogP contribution is -2.46. The van der Waals surface area contributed by atoms with Crippen LogP contribution in [-0.4, -0.2) is 51.6 Å². The molecule has 100 valence electrons. The minimum Gasteiger partial charge on any atom is -0.364 e. The quantitative estimate of drug-likeness (QED) is 0.808. The van der Waals surface area contributed by atoms with Gasteiger partial charge in [-0.15, -0.1) is 0 Å². The van der Waals surface area contributed by atoms with Crippen molar-refractivity contribution >= 4 is 17.3 Å². The van der Waals surface area contributed by atoms with E-state index in [1.807, 2.05) is 38.2 Å². The number of likely N-dealkylation sites (N-methyl/N-ethyl adjacent to an activating group) is 2. The van der Waals surface area contributed by atoms with Gasteiger partial charge in [-0.3, -0.25) is 4.79 Å². The zero-order chi connectivity index (χ0) is 14.0. The Morgan fingerprint density at radius 1 is 1.37 bits per heavy atom. The first kappa shape index (κ1) is 13.4. The smallest absolute Gasteiger partial charge is 0.246 e. The Bertz CT molecular complexity index is 533. The second kappa shape index (κ2) is 5.29. The standard InChI is InChI=1S/C14H18N4O/c1-16(2)6-7-18-12-5-4-11(9-15)8-13(12)17(3)10-14(18)19/h4-5,8H,6-7,10H2,1-3H3. The molecule has 0 aliphatic carbocycles. The highest BCUT2D eigenvalue weighted by Gasteiger charge is 2.27. The number of nitrogens with zero attached hydrogens (tertiary/aromatic N) is 4. The van der Waals surface area contributed by atoms with Gasteiger partial charge in [-0.2, -0.15) is 5.26 Å². The second-order valence-electron chi connectivity index (χ2n) is 5.02. The summed E-state index contributed by atoms with van der Waals surface area (Å²) in [6, 6.07) is 7.59. The molecule has 5 heteroatoms. The fourth-order valence-electron chi connectivity index (χ4n) is 2.18. The van der Waals surface area contributed by atoms with Crippen LogP contribution >= 0.6 is 0 Å². The summed E-state index contributed by atoms with van der Waals surface area (Å²) >= 11 is 0. The Balaban J connectivity index is 2.35. The van der Waals surface area contributed by atoms with Crippen molar-refractivity contribution in [2.75, 3.05) is 50.6 Å². The van der Waals surface area contributed by atoms with Crippen molar-refractivity contribution in [2.24, 2.45) is 0 Å². The summed E-state index contributed by atoms with van der Waals surface area (Å²) in [5, 5.41) is 8.96. The van der Waals surface area contributed by atoms with Gasteiger partial charge in [-0.25, -0.2) is 0 Å². The maximum atomic E-state index is 12.1. The number of carbonyl (C=O) groups excluding carboxylic acids is 1. The van der Waals surface area contributed by atoms with Gasteiger partial charge in [-0.1, -0.05) is 0 Å². The predicted molar refractivity (Wildman–Crippen MR) is 75.3 cm³/mol. The van der Waals surface area contributed by atoms with Crippen molar-refractivity contribution in [3.8, 4) is 6.07 Å². The number of rotatable bonds is 3. The molecule has 2 rings (SSSR count). The van der Waals surface area contributed by atoms with E-state index >= 15 is 0 Å². The van der Waals surface area contributed by atoms with Gasteiger partial charge < -0.3 is 14.7 Å². The normalized spacial score (nSPS) is 14.6. The first-order valence-corrected chi connectivity index (χ1v) is 6.23. The van der Waals surface area contributed by atoms with Crippen molar-refractivity contribution in [1.29, 1.82) is 5.26 Å². The molecule has 0 aromatic heterocycles. The number of benzene rings is 1. The lowest BCUT2D eigenvalue weighted by molar-refractivity contribution is -0.117. The van der Waals surface area contributed by atoms with Crippen LogP contribution in [0, 0.1) is 11.3 Å². The lowest BCUT2D eigenvalue weighted by Gasteiger charge is -2.35. The third kappa shape index (κ3) is 2.69. The molecule has 0 bridgehead atoms. The maximum absolute atomic E-state index is 12.1. The first-order valence-electron chi connectivity index (χ1n) is 6.23. The highest BCUT2D eigenvalue weighted by molar-refractivity contribution is 6.03. The van der Waals surface area contributed by atoms with Gasteiger partial charge in [0, 0.05) is 20.1 Å². The van der Waals surface area contributed by atoms with E-state index in [1.165, 1.54) is 0 Å². The summed E-state index contributed by atoms with van der Waals surface area (Å²) in [7, 11) is 5.85. The van der Waals surface area contributed by atoms with E-state index in [0.717, 1.165) is 17.9 Å². The summed E-state index contributed by atoms with van der Waals surface area (Å²) in [6.07, 6.45) is 0. The molecule has 1 aromatic carbocycles. The van der Waals surface area contributed by atoms with Crippen molar-refractivity contribution in [3.05, 3.63) is 23.8 Å². The average Bonchev–Trinajstić information content (AvgIpc) is 2.37. The molecule has 1 aliphatic rings. The van der Waals surface area contributed by atoms with Gasteiger partial charge in [0.05, 0.1) is 29.6 Å². The van der Waals surface area contributed by atoms with E-state index in [2.05, 4.69) is 11.0 Å². The number of anilines is 2. The molecule has 0 saturated heterocycles. The molecule has 1 aromatic rings. The number of amides is 1. The average molecular weight is 258 g/mol. The number of carbonyl (C=O) groups is 1. The topological polar surface area (TPSA) is 50.6 Å². The van der Waals surface area contributed by atoms with E-state index in [0.29, 0.717) is 18.7 Å². The minimum absolute atomic E-state index is 0.0987. The summed E-state index contributed by atoms with van der Waals surface area (Å²) in [4.78, 5) is 17.9. The number of hydrogen-bond donors (Lipinski definition) is 0. The molecule has 0 atom stereocenters. The van der Waals surface area contributed by atoms with E-state index in [9.17, 15) is 4.79 Å². The molecular formula is C14H18N4O. The molecule has 1 aliphatic heterocycles. The molecule has 0 unspecified atom stereocenters. The minimum atomic E-state index is 0.0987. The molecule has 19 heavy (non-hydrogen) atoms. The Labute approximate surface area is 113 Å². The molecule has 0 fully saturated rings. The molecular weight excluding hydrogens is 240 g/mol. The zero-order valence-corrected chi connectivity index (χ0v) is 11.6.